The molecule has 0 N–H and O–H groups in total. The average Bonchev–Trinajstić information content (AvgIpc) is 2.40. The highest BCUT2D eigenvalue weighted by atomic mass is 35.5. The molecule has 0 aliphatic carbocycles. The molecule has 0 saturated carbocycles. The second-order valence-electron chi connectivity index (χ2n) is 5.16. The molecule has 0 bridgehead atoms. The largest absolute Gasteiger partial charge is 0.353 e. The Kier molecular flexibility index (Phi) is 11.2. The van der Waals surface area contributed by atoms with Crippen LogP contribution < -0.4 is 0 Å². The topological polar surface area (TPSA) is 18.5 Å². The van der Waals surface area contributed by atoms with Crippen LogP contribution >= 0.6 is 11.6 Å². The van der Waals surface area contributed by atoms with E-state index in [0.29, 0.717) is 11.8 Å². The minimum atomic E-state index is -0.488. The van der Waals surface area contributed by atoms with E-state index in [1.165, 1.54) is 38.5 Å². The minimum absolute atomic E-state index is 0.385. The van der Waals surface area contributed by atoms with Crippen molar-refractivity contribution < 1.29 is 9.47 Å². The summed E-state index contributed by atoms with van der Waals surface area (Å²) in [6.45, 7) is 4.26. The lowest BCUT2D eigenvalue weighted by molar-refractivity contribution is -0.229. The lowest BCUT2D eigenvalue weighted by Crippen LogP contribution is -2.39. The SMILES string of the molecule is CCCCCCCCC(CCCl)C(C)(OC)OC. The molecule has 0 heterocycles. The van der Waals surface area contributed by atoms with Crippen molar-refractivity contribution in [2.45, 2.75) is 71.0 Å². The van der Waals surface area contributed by atoms with Gasteiger partial charge in [-0.05, 0) is 19.8 Å². The molecule has 0 radical (unpaired) electrons. The zero-order chi connectivity index (χ0) is 13.9. The third-order valence-corrected chi connectivity index (χ3v) is 4.13. The standard InChI is InChI=1S/C15H31ClO2/c1-5-6-7-8-9-10-11-14(12-13-16)15(2,17-3)18-4/h14H,5-13H2,1-4H3. The van der Waals surface area contributed by atoms with Gasteiger partial charge in [-0.15, -0.1) is 11.6 Å². The molecule has 0 fully saturated rings. The maximum atomic E-state index is 5.89. The van der Waals surface area contributed by atoms with Gasteiger partial charge in [-0.1, -0.05) is 45.4 Å². The Labute approximate surface area is 118 Å². The summed E-state index contributed by atoms with van der Waals surface area (Å²) in [4.78, 5) is 0. The van der Waals surface area contributed by atoms with Crippen molar-refractivity contribution in [3.8, 4) is 0 Å². The van der Waals surface area contributed by atoms with E-state index in [-0.39, 0.29) is 0 Å². The van der Waals surface area contributed by atoms with E-state index < -0.39 is 5.79 Å². The number of methoxy groups -OCH3 is 2. The molecule has 0 saturated heterocycles. The van der Waals surface area contributed by atoms with Gasteiger partial charge < -0.3 is 9.47 Å². The number of halogens is 1. The average molecular weight is 279 g/mol. The van der Waals surface area contributed by atoms with Crippen LogP contribution in [0.15, 0.2) is 0 Å². The monoisotopic (exact) mass is 278 g/mol. The maximum absolute atomic E-state index is 5.89. The van der Waals surface area contributed by atoms with Crippen molar-refractivity contribution in [2.24, 2.45) is 5.92 Å². The van der Waals surface area contributed by atoms with Crippen LogP contribution in [0.5, 0.6) is 0 Å². The van der Waals surface area contributed by atoms with Gasteiger partial charge in [0.05, 0.1) is 0 Å². The van der Waals surface area contributed by atoms with Crippen molar-refractivity contribution in [1.29, 1.82) is 0 Å². The number of unbranched alkanes of at least 4 members (excludes halogenated alkanes) is 5. The van der Waals surface area contributed by atoms with E-state index in [9.17, 15) is 0 Å². The molecular formula is C15H31ClO2. The van der Waals surface area contributed by atoms with Crippen LogP contribution in [-0.4, -0.2) is 25.9 Å². The van der Waals surface area contributed by atoms with E-state index in [0.717, 1.165) is 12.8 Å². The van der Waals surface area contributed by atoms with Crippen molar-refractivity contribution >= 4 is 11.6 Å². The fourth-order valence-electron chi connectivity index (χ4n) is 2.39. The first-order chi connectivity index (χ1) is 8.64. The summed E-state index contributed by atoms with van der Waals surface area (Å²) in [5, 5.41) is 0. The van der Waals surface area contributed by atoms with Crippen LogP contribution in [0.1, 0.15) is 65.2 Å². The zero-order valence-electron chi connectivity index (χ0n) is 12.6. The van der Waals surface area contributed by atoms with Crippen LogP contribution in [0.4, 0.5) is 0 Å². The highest BCUT2D eigenvalue weighted by molar-refractivity contribution is 6.17. The molecule has 1 unspecified atom stereocenters. The van der Waals surface area contributed by atoms with Crippen LogP contribution in [0.2, 0.25) is 0 Å². The molecule has 1 atom stereocenters. The van der Waals surface area contributed by atoms with Crippen molar-refractivity contribution in [3.63, 3.8) is 0 Å². The van der Waals surface area contributed by atoms with Gasteiger partial charge in [0.15, 0.2) is 5.79 Å². The molecule has 2 nitrogen and oxygen atoms in total. The van der Waals surface area contributed by atoms with Crippen LogP contribution in [0.3, 0.4) is 0 Å². The van der Waals surface area contributed by atoms with Crippen LogP contribution in [0, 0.1) is 5.92 Å². The number of hydrogen-bond acceptors (Lipinski definition) is 2. The molecule has 18 heavy (non-hydrogen) atoms. The summed E-state index contributed by atoms with van der Waals surface area (Å²) in [5.41, 5.74) is 0. The van der Waals surface area contributed by atoms with E-state index in [4.69, 9.17) is 21.1 Å². The Morgan fingerprint density at radius 1 is 0.944 bits per heavy atom. The third kappa shape index (κ3) is 6.96. The zero-order valence-corrected chi connectivity index (χ0v) is 13.4. The summed E-state index contributed by atoms with van der Waals surface area (Å²) >= 11 is 5.89. The van der Waals surface area contributed by atoms with Gasteiger partial charge in [-0.25, -0.2) is 0 Å². The minimum Gasteiger partial charge on any atom is -0.353 e. The number of alkyl halides is 1. The molecule has 0 aromatic rings. The fourth-order valence-corrected chi connectivity index (χ4v) is 2.65. The van der Waals surface area contributed by atoms with Gasteiger partial charge in [0, 0.05) is 26.0 Å². The van der Waals surface area contributed by atoms with Crippen molar-refractivity contribution in [3.05, 3.63) is 0 Å². The smallest absolute Gasteiger partial charge is 0.167 e. The predicted octanol–water partition coefficient (Wildman–Crippen LogP) is 4.99. The highest BCUT2D eigenvalue weighted by Gasteiger charge is 2.33. The Hall–Kier alpha value is 0.210. The molecular weight excluding hydrogens is 248 g/mol. The van der Waals surface area contributed by atoms with E-state index in [1.54, 1.807) is 14.2 Å². The van der Waals surface area contributed by atoms with Crippen LogP contribution in [0.25, 0.3) is 0 Å². The van der Waals surface area contributed by atoms with Crippen molar-refractivity contribution in [1.82, 2.24) is 0 Å². The summed E-state index contributed by atoms with van der Waals surface area (Å²) in [6.07, 6.45) is 10.0. The van der Waals surface area contributed by atoms with Gasteiger partial charge >= 0.3 is 0 Å². The second kappa shape index (κ2) is 11.1. The molecule has 0 aliphatic rings. The first-order valence-corrected chi connectivity index (χ1v) is 7.84. The Bertz CT molecular complexity index is 181. The molecule has 3 heteroatoms. The highest BCUT2D eigenvalue weighted by Crippen LogP contribution is 2.30. The lowest BCUT2D eigenvalue weighted by atomic mass is 9.90. The van der Waals surface area contributed by atoms with Gasteiger partial charge in [0.2, 0.25) is 0 Å². The number of rotatable bonds is 12. The summed E-state index contributed by atoms with van der Waals surface area (Å²) in [5.74, 6) is 0.567. The first-order valence-electron chi connectivity index (χ1n) is 7.30. The number of ether oxygens (including phenoxy) is 2. The molecule has 0 amide bonds. The van der Waals surface area contributed by atoms with Gasteiger partial charge in [-0.2, -0.15) is 0 Å². The number of hydrogen-bond donors (Lipinski definition) is 0. The maximum Gasteiger partial charge on any atom is 0.167 e. The molecule has 110 valence electrons. The quantitative estimate of drug-likeness (QED) is 0.284. The van der Waals surface area contributed by atoms with E-state index in [2.05, 4.69) is 6.92 Å². The summed E-state index contributed by atoms with van der Waals surface area (Å²) in [7, 11) is 3.43. The third-order valence-electron chi connectivity index (χ3n) is 3.92. The van der Waals surface area contributed by atoms with Crippen LogP contribution in [-0.2, 0) is 9.47 Å². The van der Waals surface area contributed by atoms with E-state index in [1.807, 2.05) is 6.92 Å². The van der Waals surface area contributed by atoms with Crippen molar-refractivity contribution in [2.75, 3.05) is 20.1 Å². The molecule has 0 spiro atoms. The second-order valence-corrected chi connectivity index (χ2v) is 5.53. The summed E-state index contributed by atoms with van der Waals surface area (Å²) < 4.78 is 11.0. The normalized spacial score (nSPS) is 13.8. The van der Waals surface area contributed by atoms with Gasteiger partial charge in [0.1, 0.15) is 0 Å². The fraction of sp³-hybridized carbons (Fsp3) is 1.00. The van der Waals surface area contributed by atoms with E-state index >= 15 is 0 Å². The summed E-state index contributed by atoms with van der Waals surface area (Å²) in [6, 6.07) is 0. The lowest BCUT2D eigenvalue weighted by Gasteiger charge is -2.35. The molecule has 0 rings (SSSR count). The Morgan fingerprint density at radius 2 is 1.50 bits per heavy atom. The predicted molar refractivity (Wildman–Crippen MR) is 79.2 cm³/mol. The molecule has 0 aromatic heterocycles. The first kappa shape index (κ1) is 18.2. The molecule has 0 aromatic carbocycles. The Morgan fingerprint density at radius 3 is 2.00 bits per heavy atom. The van der Waals surface area contributed by atoms with Gasteiger partial charge in [-0.3, -0.25) is 0 Å². The van der Waals surface area contributed by atoms with Gasteiger partial charge in [0.25, 0.3) is 0 Å². The Balaban J connectivity index is 3.96. The molecule has 0 aliphatic heterocycles.